The minimum absolute atomic E-state index is 0.111. The van der Waals surface area contributed by atoms with Crippen LogP contribution in [-0.2, 0) is 5.41 Å². The summed E-state index contributed by atoms with van der Waals surface area (Å²) in [7, 11) is 0. The number of hydrogen-bond donors (Lipinski definition) is 1. The number of nitrogens with two attached hydrogens (primary N) is 1. The largest absolute Gasteiger partial charge is 0.424 e. The predicted molar refractivity (Wildman–Crippen MR) is 75.5 cm³/mol. The highest BCUT2D eigenvalue weighted by molar-refractivity contribution is 5.75. The smallest absolute Gasteiger partial charge is 0.292 e. The molecule has 3 nitrogen and oxygen atoms in total. The lowest BCUT2D eigenvalue weighted by atomic mass is 9.72. The predicted octanol–water partition coefficient (Wildman–Crippen LogP) is 4.12. The van der Waals surface area contributed by atoms with Crippen LogP contribution in [0.1, 0.15) is 46.6 Å². The van der Waals surface area contributed by atoms with Crippen molar-refractivity contribution in [2.75, 3.05) is 5.73 Å². The van der Waals surface area contributed by atoms with Gasteiger partial charge in [-0.2, -0.15) is 4.98 Å². The molecule has 0 spiro atoms. The number of hydrogen-bond acceptors (Lipinski definition) is 3. The molecular formula is C15H22N2O. The molecule has 0 amide bonds. The van der Waals surface area contributed by atoms with Gasteiger partial charge in [0.15, 0.2) is 5.58 Å². The molecule has 0 bridgehead atoms. The average Bonchev–Trinajstić information content (AvgIpc) is 2.52. The van der Waals surface area contributed by atoms with Crippen LogP contribution in [0.2, 0.25) is 0 Å². The molecule has 2 aromatic rings. The molecule has 18 heavy (non-hydrogen) atoms. The van der Waals surface area contributed by atoms with Gasteiger partial charge in [0.1, 0.15) is 5.52 Å². The zero-order chi connectivity index (χ0) is 13.6. The molecule has 98 valence electrons. The normalized spacial score (nSPS) is 13.2. The van der Waals surface area contributed by atoms with E-state index in [1.165, 1.54) is 5.56 Å². The van der Waals surface area contributed by atoms with Crippen molar-refractivity contribution >= 4 is 17.1 Å². The third-order valence-corrected chi connectivity index (χ3v) is 3.16. The summed E-state index contributed by atoms with van der Waals surface area (Å²) in [5.41, 5.74) is 8.85. The highest BCUT2D eigenvalue weighted by Crippen LogP contribution is 2.37. The average molecular weight is 246 g/mol. The first-order valence-electron chi connectivity index (χ1n) is 6.34. The van der Waals surface area contributed by atoms with Crippen molar-refractivity contribution in [1.82, 2.24) is 4.98 Å². The maximum atomic E-state index is 5.57. The van der Waals surface area contributed by atoms with Crippen LogP contribution in [0.25, 0.3) is 11.1 Å². The monoisotopic (exact) mass is 246 g/mol. The highest BCUT2D eigenvalue weighted by atomic mass is 16.4. The standard InChI is InChI=1S/C15H22N2O/c1-14(2,3)9-15(4,5)10-6-7-12-11(8-10)17-13(16)18-12/h6-8H,9H2,1-5H3,(H2,16,17). The Bertz CT molecular complexity index is 561. The highest BCUT2D eigenvalue weighted by Gasteiger charge is 2.27. The van der Waals surface area contributed by atoms with Crippen LogP contribution in [0.3, 0.4) is 0 Å². The molecule has 1 aromatic carbocycles. The molecule has 0 unspecified atom stereocenters. The fourth-order valence-electron chi connectivity index (χ4n) is 2.79. The summed E-state index contributed by atoms with van der Waals surface area (Å²) < 4.78 is 5.30. The second kappa shape index (κ2) is 4.01. The number of nitrogens with zero attached hydrogens (tertiary/aromatic N) is 1. The third kappa shape index (κ3) is 2.66. The maximum Gasteiger partial charge on any atom is 0.292 e. The molecule has 0 fully saturated rings. The first kappa shape index (κ1) is 12.9. The van der Waals surface area contributed by atoms with E-state index in [4.69, 9.17) is 10.2 Å². The molecule has 0 atom stereocenters. The lowest BCUT2D eigenvalue weighted by molar-refractivity contribution is 0.284. The summed E-state index contributed by atoms with van der Waals surface area (Å²) in [5, 5.41) is 0. The Balaban J connectivity index is 2.40. The topological polar surface area (TPSA) is 52.0 Å². The minimum Gasteiger partial charge on any atom is -0.424 e. The van der Waals surface area contributed by atoms with Crippen molar-refractivity contribution < 1.29 is 4.42 Å². The molecule has 2 rings (SSSR count). The molecule has 0 radical (unpaired) electrons. The van der Waals surface area contributed by atoms with Gasteiger partial charge >= 0.3 is 0 Å². The summed E-state index contributed by atoms with van der Waals surface area (Å²) in [5.74, 6) is 0. The van der Waals surface area contributed by atoms with Crippen molar-refractivity contribution in [3.63, 3.8) is 0 Å². The molecule has 0 aliphatic heterocycles. The van der Waals surface area contributed by atoms with Crippen molar-refractivity contribution in [3.05, 3.63) is 23.8 Å². The Labute approximate surface area is 108 Å². The molecule has 0 saturated carbocycles. The maximum absolute atomic E-state index is 5.57. The first-order valence-corrected chi connectivity index (χ1v) is 6.34. The van der Waals surface area contributed by atoms with Crippen molar-refractivity contribution in [1.29, 1.82) is 0 Å². The lowest BCUT2D eigenvalue weighted by Gasteiger charge is -2.32. The fourth-order valence-corrected chi connectivity index (χ4v) is 2.79. The van der Waals surface area contributed by atoms with Gasteiger partial charge < -0.3 is 10.2 Å². The van der Waals surface area contributed by atoms with E-state index in [1.54, 1.807) is 0 Å². The van der Waals surface area contributed by atoms with E-state index in [-0.39, 0.29) is 11.4 Å². The van der Waals surface area contributed by atoms with Crippen LogP contribution in [0.4, 0.5) is 6.01 Å². The first-order chi connectivity index (χ1) is 8.17. The Morgan fingerprint density at radius 1 is 1.17 bits per heavy atom. The Morgan fingerprint density at radius 3 is 2.44 bits per heavy atom. The summed E-state index contributed by atoms with van der Waals surface area (Å²) >= 11 is 0. The zero-order valence-electron chi connectivity index (χ0n) is 11.9. The van der Waals surface area contributed by atoms with Crippen LogP contribution >= 0.6 is 0 Å². The second-order valence-electron chi connectivity index (χ2n) is 6.86. The van der Waals surface area contributed by atoms with Crippen LogP contribution in [-0.4, -0.2) is 4.98 Å². The SMILES string of the molecule is CC(C)(C)CC(C)(C)c1ccc2oc(N)nc2c1. The molecule has 2 N–H and O–H groups in total. The van der Waals surface area contributed by atoms with Gasteiger partial charge in [-0.25, -0.2) is 0 Å². The second-order valence-corrected chi connectivity index (χ2v) is 6.86. The molecule has 0 aliphatic carbocycles. The number of benzene rings is 1. The van der Waals surface area contributed by atoms with Crippen LogP contribution in [0.5, 0.6) is 0 Å². The Morgan fingerprint density at radius 2 is 1.83 bits per heavy atom. The number of rotatable bonds is 2. The van der Waals surface area contributed by atoms with Gasteiger partial charge in [0.05, 0.1) is 0 Å². The molecule has 3 heteroatoms. The molecule has 0 saturated heterocycles. The quantitative estimate of drug-likeness (QED) is 0.867. The van der Waals surface area contributed by atoms with E-state index in [9.17, 15) is 0 Å². The van der Waals surface area contributed by atoms with Crippen LogP contribution < -0.4 is 5.73 Å². The third-order valence-electron chi connectivity index (χ3n) is 3.16. The summed E-state index contributed by atoms with van der Waals surface area (Å²) in [6.45, 7) is 11.3. The van der Waals surface area contributed by atoms with Gasteiger partial charge in [-0.05, 0) is 34.9 Å². The summed E-state index contributed by atoms with van der Waals surface area (Å²) in [4.78, 5) is 4.19. The van der Waals surface area contributed by atoms with Gasteiger partial charge in [0.25, 0.3) is 6.01 Å². The van der Waals surface area contributed by atoms with E-state index in [2.05, 4.69) is 51.7 Å². The fraction of sp³-hybridized carbons (Fsp3) is 0.533. The van der Waals surface area contributed by atoms with Gasteiger partial charge in [0.2, 0.25) is 0 Å². The number of aromatic nitrogens is 1. The summed E-state index contributed by atoms with van der Waals surface area (Å²) in [6.07, 6.45) is 1.11. The van der Waals surface area contributed by atoms with Crippen molar-refractivity contribution in [2.45, 2.75) is 46.5 Å². The molecule has 0 aliphatic rings. The Kier molecular flexibility index (Phi) is 2.88. The number of nitrogen functional groups attached to an aromatic ring is 1. The van der Waals surface area contributed by atoms with Crippen LogP contribution in [0, 0.1) is 5.41 Å². The van der Waals surface area contributed by atoms with Crippen LogP contribution in [0.15, 0.2) is 22.6 Å². The summed E-state index contributed by atoms with van der Waals surface area (Å²) in [6, 6.07) is 6.38. The van der Waals surface area contributed by atoms with Gasteiger partial charge in [0, 0.05) is 0 Å². The van der Waals surface area contributed by atoms with E-state index >= 15 is 0 Å². The zero-order valence-corrected chi connectivity index (χ0v) is 11.9. The Hall–Kier alpha value is -1.51. The molecule has 1 heterocycles. The minimum atomic E-state index is 0.111. The van der Waals surface area contributed by atoms with Crippen molar-refractivity contribution in [3.8, 4) is 0 Å². The number of oxazole rings is 1. The van der Waals surface area contributed by atoms with E-state index in [0.717, 1.165) is 17.5 Å². The van der Waals surface area contributed by atoms with E-state index in [1.807, 2.05) is 6.07 Å². The molecule has 1 aromatic heterocycles. The lowest BCUT2D eigenvalue weighted by Crippen LogP contribution is -2.24. The van der Waals surface area contributed by atoms with Gasteiger partial charge in [-0.1, -0.05) is 40.7 Å². The van der Waals surface area contributed by atoms with E-state index in [0.29, 0.717) is 5.41 Å². The molecular weight excluding hydrogens is 224 g/mol. The van der Waals surface area contributed by atoms with Crippen molar-refractivity contribution in [2.24, 2.45) is 5.41 Å². The number of anilines is 1. The number of fused-ring (bicyclic) bond motifs is 1. The van der Waals surface area contributed by atoms with E-state index < -0.39 is 0 Å². The van der Waals surface area contributed by atoms with Gasteiger partial charge in [-0.3, -0.25) is 0 Å². The van der Waals surface area contributed by atoms with Gasteiger partial charge in [-0.15, -0.1) is 0 Å².